The minimum Gasteiger partial charge on any atom is -0.348 e. The third-order valence-corrected chi connectivity index (χ3v) is 7.20. The first-order valence-electron chi connectivity index (χ1n) is 10.8. The van der Waals surface area contributed by atoms with Gasteiger partial charge >= 0.3 is 0 Å². The molecule has 5 heteroatoms. The van der Waals surface area contributed by atoms with E-state index >= 15 is 0 Å². The number of hydrogen-bond donors (Lipinski definition) is 1. The van der Waals surface area contributed by atoms with E-state index in [1.54, 1.807) is 0 Å². The molecular weight excluding hydrogens is 348 g/mol. The van der Waals surface area contributed by atoms with Crippen LogP contribution < -0.4 is 0 Å². The molecule has 0 aliphatic carbocycles. The van der Waals surface area contributed by atoms with Crippen molar-refractivity contribution in [3.8, 4) is 0 Å². The Bertz CT molecular complexity index is 799. The molecule has 1 N–H and O–H groups in total. The number of nitrogens with one attached hydrogen (secondary N) is 1. The fraction of sp³-hybridized carbons (Fsp3) is 0.565. The maximum Gasteiger partial charge on any atom is 0.230 e. The van der Waals surface area contributed by atoms with Gasteiger partial charge in [0.05, 0.1) is 12.0 Å². The molecule has 5 rings (SSSR count). The first-order valence-corrected chi connectivity index (χ1v) is 10.8. The number of imidazole rings is 1. The average molecular weight is 379 g/mol. The van der Waals surface area contributed by atoms with Crippen LogP contribution in [0.5, 0.6) is 0 Å². The fourth-order valence-electron chi connectivity index (χ4n) is 5.97. The van der Waals surface area contributed by atoms with Crippen LogP contribution in [-0.2, 0) is 17.8 Å². The van der Waals surface area contributed by atoms with Gasteiger partial charge in [0.25, 0.3) is 0 Å². The van der Waals surface area contributed by atoms with Crippen molar-refractivity contribution in [2.45, 2.75) is 63.6 Å². The number of hydrogen-bond acceptors (Lipinski definition) is 3. The Kier molecular flexibility index (Phi) is 4.71. The van der Waals surface area contributed by atoms with Crippen molar-refractivity contribution in [3.05, 3.63) is 54.1 Å². The number of likely N-dealkylation sites (tertiary alicyclic amines) is 1. The Labute approximate surface area is 167 Å². The third-order valence-electron chi connectivity index (χ3n) is 7.20. The highest BCUT2D eigenvalue weighted by atomic mass is 16.2. The second kappa shape index (κ2) is 7.36. The maximum atomic E-state index is 13.9. The van der Waals surface area contributed by atoms with E-state index in [9.17, 15) is 4.79 Å². The lowest BCUT2D eigenvalue weighted by Gasteiger charge is -2.41. The summed E-state index contributed by atoms with van der Waals surface area (Å²) in [6.07, 6.45) is 11.4. The van der Waals surface area contributed by atoms with Gasteiger partial charge in [-0.3, -0.25) is 9.69 Å². The number of piperidine rings is 1. The molecule has 1 amide bonds. The third kappa shape index (κ3) is 3.06. The first kappa shape index (κ1) is 17.9. The van der Waals surface area contributed by atoms with Gasteiger partial charge in [0.15, 0.2) is 0 Å². The number of carbonyl (C=O) groups excluding carboxylic acids is 1. The molecule has 0 unspecified atom stereocenters. The van der Waals surface area contributed by atoms with E-state index in [1.807, 2.05) is 12.4 Å². The molecule has 3 aliphatic heterocycles. The molecule has 1 aromatic heterocycles. The smallest absolute Gasteiger partial charge is 0.230 e. The molecule has 0 saturated carbocycles. The summed E-state index contributed by atoms with van der Waals surface area (Å²) in [5.74, 6) is 1.42. The van der Waals surface area contributed by atoms with E-state index in [2.05, 4.69) is 50.1 Å². The molecule has 1 aromatic carbocycles. The SMILES string of the molecule is O=C(N1CCCCC1)[C@]1(Cc2ccccc2)C[C@@H]2CC[C@H]1N2Cc1ncc[nH]1. The topological polar surface area (TPSA) is 52.2 Å². The lowest BCUT2D eigenvalue weighted by Crippen LogP contribution is -2.53. The second-order valence-electron chi connectivity index (χ2n) is 8.83. The van der Waals surface area contributed by atoms with E-state index in [0.717, 1.165) is 57.6 Å². The fourth-order valence-corrected chi connectivity index (χ4v) is 5.97. The largest absolute Gasteiger partial charge is 0.348 e. The highest BCUT2D eigenvalue weighted by molar-refractivity contribution is 5.85. The maximum absolute atomic E-state index is 13.9. The van der Waals surface area contributed by atoms with Crippen LogP contribution in [0.15, 0.2) is 42.7 Å². The molecule has 2 aromatic rings. The van der Waals surface area contributed by atoms with E-state index in [0.29, 0.717) is 18.0 Å². The number of rotatable bonds is 5. The number of aromatic nitrogens is 2. The number of aromatic amines is 1. The van der Waals surface area contributed by atoms with Gasteiger partial charge in [0.1, 0.15) is 5.82 Å². The molecule has 3 saturated heterocycles. The lowest BCUT2D eigenvalue weighted by molar-refractivity contribution is -0.145. The van der Waals surface area contributed by atoms with Crippen molar-refractivity contribution >= 4 is 5.91 Å². The summed E-state index contributed by atoms with van der Waals surface area (Å²) in [6.45, 7) is 2.70. The lowest BCUT2D eigenvalue weighted by atomic mass is 9.68. The summed E-state index contributed by atoms with van der Waals surface area (Å²) in [4.78, 5) is 26.4. The van der Waals surface area contributed by atoms with Crippen LogP contribution in [0.4, 0.5) is 0 Å². The van der Waals surface area contributed by atoms with Crippen molar-refractivity contribution in [2.75, 3.05) is 13.1 Å². The Balaban J connectivity index is 1.47. The van der Waals surface area contributed by atoms with E-state index in [4.69, 9.17) is 0 Å². The van der Waals surface area contributed by atoms with Crippen LogP contribution in [-0.4, -0.2) is 50.8 Å². The van der Waals surface area contributed by atoms with Gasteiger partial charge in [-0.05, 0) is 50.5 Å². The number of H-pyrrole nitrogens is 1. The summed E-state index contributed by atoms with van der Waals surface area (Å²) >= 11 is 0. The average Bonchev–Trinajstić information content (AvgIpc) is 3.46. The van der Waals surface area contributed by atoms with Crippen molar-refractivity contribution in [1.82, 2.24) is 19.8 Å². The molecule has 5 nitrogen and oxygen atoms in total. The Hall–Kier alpha value is -2.14. The number of benzene rings is 1. The molecule has 3 atom stereocenters. The normalized spacial score (nSPS) is 30.1. The first-order chi connectivity index (χ1) is 13.8. The molecule has 2 bridgehead atoms. The van der Waals surface area contributed by atoms with Gasteiger partial charge in [-0.15, -0.1) is 0 Å². The molecule has 148 valence electrons. The molecular formula is C23H30N4O. The van der Waals surface area contributed by atoms with Gasteiger partial charge in [-0.25, -0.2) is 4.98 Å². The van der Waals surface area contributed by atoms with Gasteiger partial charge in [0, 0.05) is 37.6 Å². The van der Waals surface area contributed by atoms with E-state index in [-0.39, 0.29) is 5.41 Å². The van der Waals surface area contributed by atoms with Crippen LogP contribution in [0.2, 0.25) is 0 Å². The minimum absolute atomic E-state index is 0.284. The van der Waals surface area contributed by atoms with Crippen molar-refractivity contribution < 1.29 is 4.79 Å². The summed E-state index contributed by atoms with van der Waals surface area (Å²) in [5, 5.41) is 0. The molecule has 0 spiro atoms. The molecule has 0 radical (unpaired) electrons. The number of amides is 1. The number of carbonyl (C=O) groups is 1. The monoisotopic (exact) mass is 378 g/mol. The van der Waals surface area contributed by atoms with E-state index < -0.39 is 0 Å². The van der Waals surface area contributed by atoms with Crippen LogP contribution in [0.25, 0.3) is 0 Å². The number of nitrogens with zero attached hydrogens (tertiary/aromatic N) is 3. The second-order valence-corrected chi connectivity index (χ2v) is 8.83. The summed E-state index contributed by atoms with van der Waals surface area (Å²) in [7, 11) is 0. The summed E-state index contributed by atoms with van der Waals surface area (Å²) < 4.78 is 0. The van der Waals surface area contributed by atoms with Crippen LogP contribution in [0.3, 0.4) is 0 Å². The van der Waals surface area contributed by atoms with Crippen LogP contribution in [0, 0.1) is 5.41 Å². The summed E-state index contributed by atoms with van der Waals surface area (Å²) in [5.41, 5.74) is 1.01. The standard InChI is InChI=1S/C23H30N4O/c28-22(26-13-5-2-6-14-26)23(15-18-7-3-1-4-8-18)16-19-9-10-20(23)27(19)17-21-24-11-12-25-21/h1,3-4,7-8,11-12,19-20H,2,5-6,9-10,13-17H2,(H,24,25)/t19-,20+,23+/m0/s1. The molecule has 3 fully saturated rings. The predicted octanol–water partition coefficient (Wildman–Crippen LogP) is 3.39. The zero-order valence-corrected chi connectivity index (χ0v) is 16.5. The zero-order valence-electron chi connectivity index (χ0n) is 16.5. The highest BCUT2D eigenvalue weighted by Crippen LogP contribution is 2.53. The van der Waals surface area contributed by atoms with Gasteiger partial charge in [0.2, 0.25) is 5.91 Å². The molecule has 4 heterocycles. The highest BCUT2D eigenvalue weighted by Gasteiger charge is 2.60. The van der Waals surface area contributed by atoms with Crippen molar-refractivity contribution in [3.63, 3.8) is 0 Å². The van der Waals surface area contributed by atoms with E-state index in [1.165, 1.54) is 18.4 Å². The Morgan fingerprint density at radius 3 is 2.71 bits per heavy atom. The van der Waals surface area contributed by atoms with Crippen LogP contribution in [0.1, 0.15) is 49.9 Å². The number of fused-ring (bicyclic) bond motifs is 2. The van der Waals surface area contributed by atoms with Gasteiger partial charge in [-0.1, -0.05) is 30.3 Å². The Morgan fingerprint density at radius 1 is 1.14 bits per heavy atom. The van der Waals surface area contributed by atoms with Gasteiger partial charge < -0.3 is 9.88 Å². The zero-order chi connectivity index (χ0) is 19.0. The van der Waals surface area contributed by atoms with Crippen molar-refractivity contribution in [2.24, 2.45) is 5.41 Å². The molecule has 28 heavy (non-hydrogen) atoms. The minimum atomic E-state index is -0.284. The quantitative estimate of drug-likeness (QED) is 0.868. The van der Waals surface area contributed by atoms with Gasteiger partial charge in [-0.2, -0.15) is 0 Å². The summed E-state index contributed by atoms with van der Waals surface area (Å²) in [6, 6.07) is 11.4. The van der Waals surface area contributed by atoms with Crippen molar-refractivity contribution in [1.29, 1.82) is 0 Å². The molecule has 3 aliphatic rings. The predicted molar refractivity (Wildman–Crippen MR) is 109 cm³/mol. The van der Waals surface area contributed by atoms with Crippen LogP contribution >= 0.6 is 0 Å². The Morgan fingerprint density at radius 2 is 1.96 bits per heavy atom.